The van der Waals surface area contributed by atoms with Gasteiger partial charge in [0.15, 0.2) is 11.6 Å². The first-order chi connectivity index (χ1) is 12.5. The molecule has 0 aromatic heterocycles. The van der Waals surface area contributed by atoms with Crippen molar-refractivity contribution in [2.75, 3.05) is 44.2 Å². The van der Waals surface area contributed by atoms with Crippen molar-refractivity contribution in [2.45, 2.75) is 59.5 Å². The van der Waals surface area contributed by atoms with E-state index in [-0.39, 0.29) is 0 Å². The van der Waals surface area contributed by atoms with E-state index in [2.05, 4.69) is 23.6 Å². The highest BCUT2D eigenvalue weighted by atomic mass is 19.2. The maximum Gasteiger partial charge on any atom is 0.182 e. The van der Waals surface area contributed by atoms with Crippen molar-refractivity contribution in [3.63, 3.8) is 0 Å². The summed E-state index contributed by atoms with van der Waals surface area (Å²) in [7, 11) is 0. The summed E-state index contributed by atoms with van der Waals surface area (Å²) in [4.78, 5) is 7.06. The SMILES string of the molecule is CC.Cc1ccc(N2CCN(C3CCN(C(C)C)CC3)CC2)c(F)c1F. The van der Waals surface area contributed by atoms with Gasteiger partial charge < -0.3 is 9.80 Å². The Labute approximate surface area is 158 Å². The first-order valence-electron chi connectivity index (χ1n) is 10.1. The van der Waals surface area contributed by atoms with Crippen molar-refractivity contribution < 1.29 is 8.78 Å². The predicted octanol–water partition coefficient (Wildman–Crippen LogP) is 4.29. The minimum absolute atomic E-state index is 0.367. The van der Waals surface area contributed by atoms with Crippen LogP contribution in [0.25, 0.3) is 0 Å². The minimum atomic E-state index is -0.712. The van der Waals surface area contributed by atoms with Crippen molar-refractivity contribution in [3.8, 4) is 0 Å². The zero-order valence-electron chi connectivity index (χ0n) is 17.1. The minimum Gasteiger partial charge on any atom is -0.367 e. The lowest BCUT2D eigenvalue weighted by Crippen LogP contribution is -2.54. The molecule has 2 aliphatic rings. The zero-order chi connectivity index (χ0) is 19.3. The molecule has 3 rings (SSSR count). The van der Waals surface area contributed by atoms with E-state index in [1.807, 2.05) is 18.7 Å². The summed E-state index contributed by atoms with van der Waals surface area (Å²) >= 11 is 0. The molecule has 5 heteroatoms. The molecule has 26 heavy (non-hydrogen) atoms. The van der Waals surface area contributed by atoms with Crippen LogP contribution < -0.4 is 4.90 Å². The Morgan fingerprint density at radius 1 is 0.885 bits per heavy atom. The lowest BCUT2D eigenvalue weighted by Gasteiger charge is -2.44. The number of rotatable bonds is 3. The lowest BCUT2D eigenvalue weighted by atomic mass is 10.0. The molecule has 2 saturated heterocycles. The number of piperazine rings is 1. The second-order valence-corrected chi connectivity index (χ2v) is 7.41. The van der Waals surface area contributed by atoms with Gasteiger partial charge in [0, 0.05) is 38.3 Å². The molecule has 0 atom stereocenters. The number of nitrogens with zero attached hydrogens (tertiary/aromatic N) is 3. The fourth-order valence-electron chi connectivity index (χ4n) is 3.98. The van der Waals surface area contributed by atoms with Crippen molar-refractivity contribution in [1.82, 2.24) is 9.80 Å². The normalized spacial score (nSPS) is 20.2. The summed E-state index contributed by atoms with van der Waals surface area (Å²) in [5.74, 6) is -1.41. The number of hydrogen-bond acceptors (Lipinski definition) is 3. The highest BCUT2D eigenvalue weighted by Crippen LogP contribution is 2.26. The van der Waals surface area contributed by atoms with Crippen LogP contribution in [0, 0.1) is 18.6 Å². The van der Waals surface area contributed by atoms with Crippen LogP contribution in [0.1, 0.15) is 46.1 Å². The van der Waals surface area contributed by atoms with Crippen LogP contribution in [0.2, 0.25) is 0 Å². The number of piperidine rings is 1. The maximum absolute atomic E-state index is 14.2. The van der Waals surface area contributed by atoms with Gasteiger partial charge in [0.25, 0.3) is 0 Å². The first kappa shape index (κ1) is 21.1. The summed E-state index contributed by atoms with van der Waals surface area (Å²) in [6.07, 6.45) is 2.43. The number of hydrogen-bond donors (Lipinski definition) is 0. The standard InChI is InChI=1S/C19H29F2N3.C2H6/c1-14(2)22-8-6-16(7-9-22)23-10-12-24(13-11-23)17-5-4-15(3)18(20)19(17)21;1-2/h4-5,14,16H,6-13H2,1-3H3;1-2H3. The summed E-state index contributed by atoms with van der Waals surface area (Å²) in [5, 5.41) is 0. The number of benzene rings is 1. The molecular weight excluding hydrogens is 332 g/mol. The summed E-state index contributed by atoms with van der Waals surface area (Å²) in [6.45, 7) is 15.9. The Kier molecular flexibility index (Phi) is 7.84. The Hall–Kier alpha value is -1.20. The van der Waals surface area contributed by atoms with Crippen molar-refractivity contribution in [3.05, 3.63) is 29.3 Å². The molecule has 0 saturated carbocycles. The molecule has 2 aliphatic heterocycles. The Bertz CT molecular complexity index is 561. The van der Waals surface area contributed by atoms with Crippen LogP contribution in [0.5, 0.6) is 0 Å². The van der Waals surface area contributed by atoms with E-state index in [0.29, 0.717) is 23.3 Å². The summed E-state index contributed by atoms with van der Waals surface area (Å²) in [5.41, 5.74) is 0.777. The molecule has 0 N–H and O–H groups in total. The van der Waals surface area contributed by atoms with Crippen molar-refractivity contribution in [1.29, 1.82) is 0 Å². The van der Waals surface area contributed by atoms with Gasteiger partial charge in [-0.25, -0.2) is 8.78 Å². The maximum atomic E-state index is 14.2. The van der Waals surface area contributed by atoms with E-state index in [9.17, 15) is 8.78 Å². The van der Waals surface area contributed by atoms with E-state index in [4.69, 9.17) is 0 Å². The molecule has 2 fully saturated rings. The smallest absolute Gasteiger partial charge is 0.182 e. The van der Waals surface area contributed by atoms with Crippen molar-refractivity contribution >= 4 is 5.69 Å². The third-order valence-electron chi connectivity index (χ3n) is 5.66. The molecule has 3 nitrogen and oxygen atoms in total. The first-order valence-corrected chi connectivity index (χ1v) is 10.1. The number of anilines is 1. The van der Waals surface area contributed by atoms with Gasteiger partial charge in [0.2, 0.25) is 0 Å². The van der Waals surface area contributed by atoms with Crippen LogP contribution >= 0.6 is 0 Å². The summed E-state index contributed by atoms with van der Waals surface area (Å²) < 4.78 is 28.0. The van der Waals surface area contributed by atoms with Gasteiger partial charge in [-0.2, -0.15) is 0 Å². The van der Waals surface area contributed by atoms with E-state index >= 15 is 0 Å². The average Bonchev–Trinajstić information content (AvgIpc) is 2.68. The molecule has 0 spiro atoms. The number of likely N-dealkylation sites (tertiary alicyclic amines) is 1. The third kappa shape index (κ3) is 4.74. The fourth-order valence-corrected chi connectivity index (χ4v) is 3.98. The molecule has 0 amide bonds. The quantitative estimate of drug-likeness (QED) is 0.789. The molecule has 1 aromatic rings. The molecule has 0 radical (unpaired) electrons. The molecule has 0 bridgehead atoms. The van der Waals surface area contributed by atoms with Gasteiger partial charge in [-0.3, -0.25) is 4.90 Å². The molecule has 0 unspecified atom stereocenters. The van der Waals surface area contributed by atoms with Gasteiger partial charge in [0.05, 0.1) is 5.69 Å². The molecule has 0 aliphatic carbocycles. The predicted molar refractivity (Wildman–Crippen MR) is 106 cm³/mol. The van der Waals surface area contributed by atoms with E-state index in [1.54, 1.807) is 19.1 Å². The monoisotopic (exact) mass is 367 g/mol. The van der Waals surface area contributed by atoms with Gasteiger partial charge in [-0.05, 0) is 58.3 Å². The zero-order valence-corrected chi connectivity index (χ0v) is 17.1. The second-order valence-electron chi connectivity index (χ2n) is 7.41. The van der Waals surface area contributed by atoms with Crippen LogP contribution in [0.3, 0.4) is 0 Å². The topological polar surface area (TPSA) is 9.72 Å². The highest BCUT2D eigenvalue weighted by molar-refractivity contribution is 5.50. The Morgan fingerprint density at radius 3 is 2.00 bits per heavy atom. The largest absolute Gasteiger partial charge is 0.367 e. The second kappa shape index (κ2) is 9.65. The van der Waals surface area contributed by atoms with Crippen molar-refractivity contribution in [2.24, 2.45) is 0 Å². The molecule has 148 valence electrons. The van der Waals surface area contributed by atoms with E-state index in [1.165, 1.54) is 25.9 Å². The van der Waals surface area contributed by atoms with Gasteiger partial charge in [0.1, 0.15) is 0 Å². The number of aryl methyl sites for hydroxylation is 1. The average molecular weight is 368 g/mol. The molecule has 1 aromatic carbocycles. The molecule has 2 heterocycles. The van der Waals surface area contributed by atoms with Crippen LogP contribution in [-0.4, -0.2) is 61.2 Å². The van der Waals surface area contributed by atoms with E-state index in [0.717, 1.165) is 26.2 Å². The van der Waals surface area contributed by atoms with Gasteiger partial charge in [-0.15, -0.1) is 0 Å². The van der Waals surface area contributed by atoms with Gasteiger partial charge in [-0.1, -0.05) is 19.9 Å². The van der Waals surface area contributed by atoms with Crippen LogP contribution in [0.4, 0.5) is 14.5 Å². The number of halogens is 2. The summed E-state index contributed by atoms with van der Waals surface area (Å²) in [6, 6.07) is 4.65. The Morgan fingerprint density at radius 2 is 1.46 bits per heavy atom. The molecular formula is C21H35F2N3. The fraction of sp³-hybridized carbons (Fsp3) is 0.714. The Balaban J connectivity index is 0.00000117. The lowest BCUT2D eigenvalue weighted by molar-refractivity contribution is 0.0882. The van der Waals surface area contributed by atoms with E-state index < -0.39 is 11.6 Å². The highest BCUT2D eigenvalue weighted by Gasteiger charge is 2.29. The van der Waals surface area contributed by atoms with Crippen LogP contribution in [0.15, 0.2) is 12.1 Å². The van der Waals surface area contributed by atoms with Crippen LogP contribution in [-0.2, 0) is 0 Å². The van der Waals surface area contributed by atoms with Gasteiger partial charge >= 0.3 is 0 Å². The third-order valence-corrected chi connectivity index (χ3v) is 5.66.